The van der Waals surface area contributed by atoms with Crippen molar-refractivity contribution in [1.82, 2.24) is 3.89 Å². The Hall–Kier alpha value is -4.89. The lowest BCUT2D eigenvalue weighted by Crippen LogP contribution is -2.55. The molecule has 2 amide bonds. The van der Waals surface area contributed by atoms with Gasteiger partial charge in [-0.15, -0.1) is 0 Å². The highest BCUT2D eigenvalue weighted by Crippen LogP contribution is 2.37. The first-order chi connectivity index (χ1) is 23.2. The van der Waals surface area contributed by atoms with E-state index in [1.807, 2.05) is 12.1 Å². The molecular weight excluding hydrogens is 669 g/mol. The van der Waals surface area contributed by atoms with Crippen molar-refractivity contribution in [3.8, 4) is 0 Å². The maximum atomic E-state index is 13.8. The molecule has 0 radical (unpaired) electrons. The quantitative estimate of drug-likeness (QED) is 0.0899. The fourth-order valence-corrected chi connectivity index (χ4v) is 7.39. The summed E-state index contributed by atoms with van der Waals surface area (Å²) in [4.78, 5) is 28.1. The van der Waals surface area contributed by atoms with E-state index in [2.05, 4.69) is 0 Å². The van der Waals surface area contributed by atoms with E-state index in [-0.39, 0.29) is 33.8 Å². The number of quaternary nitrogens is 1. The second-order valence-electron chi connectivity index (χ2n) is 11.3. The normalized spacial score (nSPS) is 14.0. The Morgan fingerprint density at radius 3 is 2.02 bits per heavy atom. The number of nitrogens with zero attached hydrogens (tertiary/aromatic N) is 2. The first-order valence-electron chi connectivity index (χ1n) is 15.4. The van der Waals surface area contributed by atoms with Crippen molar-refractivity contribution in [2.75, 3.05) is 25.1 Å². The maximum absolute atomic E-state index is 13.8. The van der Waals surface area contributed by atoms with Crippen LogP contribution in [-0.4, -0.2) is 59.4 Å². The number of rotatable bonds is 9. The van der Waals surface area contributed by atoms with Crippen LogP contribution in [0.25, 0.3) is 0 Å². The summed E-state index contributed by atoms with van der Waals surface area (Å²) in [6, 6.07) is 27.5. The molecule has 14 heteroatoms. The molecule has 12 nitrogen and oxygen atoms in total. The second kappa shape index (κ2) is 15.6. The molecular formula is C35H39N4O8S2+. The van der Waals surface area contributed by atoms with Gasteiger partial charge in [-0.25, -0.2) is 0 Å². The number of nitrogen functional groups attached to an aromatic ring is 1. The summed E-state index contributed by atoms with van der Waals surface area (Å²) in [7, 11) is -6.90. The molecule has 4 aromatic carbocycles. The third-order valence-corrected chi connectivity index (χ3v) is 11.1. The number of anilines is 1. The molecule has 4 N–H and O–H groups in total. The van der Waals surface area contributed by atoms with E-state index in [0.717, 1.165) is 16.8 Å². The number of nitrogens with one attached hydrogen (secondary N) is 1. The van der Waals surface area contributed by atoms with E-state index in [9.17, 15) is 26.4 Å². The molecule has 1 heterocycles. The molecule has 1 atom stereocenters. The van der Waals surface area contributed by atoms with Crippen LogP contribution in [-0.2, 0) is 42.5 Å². The van der Waals surface area contributed by atoms with Crippen LogP contribution < -0.4 is 14.5 Å². The zero-order chi connectivity index (χ0) is 35.8. The van der Waals surface area contributed by atoms with E-state index >= 15 is 0 Å². The SMILES string of the molecule is CCOC(=O)[N+](C)(c1ccc2c(c1)CCCN2C(=O)CCc1ccc(C(=N)N)cc1)S(=O)(=O)c1ccccc1.O=S(=O)(O)c1ccccc1. The third kappa shape index (κ3) is 8.40. The lowest BCUT2D eigenvalue weighted by Gasteiger charge is -2.32. The van der Waals surface area contributed by atoms with E-state index in [0.29, 0.717) is 37.8 Å². The molecule has 49 heavy (non-hydrogen) atoms. The number of amidine groups is 1. The Bertz CT molecular complexity index is 2020. The van der Waals surface area contributed by atoms with Gasteiger partial charge >= 0.3 is 16.1 Å². The molecule has 0 fully saturated rings. The van der Waals surface area contributed by atoms with Gasteiger partial charge in [-0.3, -0.25) is 14.8 Å². The Labute approximate surface area is 286 Å². The highest BCUT2D eigenvalue weighted by atomic mass is 32.2. The van der Waals surface area contributed by atoms with Crippen LogP contribution in [0, 0.1) is 5.41 Å². The van der Waals surface area contributed by atoms with Crippen molar-refractivity contribution in [2.24, 2.45) is 5.73 Å². The molecule has 1 aliphatic rings. The van der Waals surface area contributed by atoms with Gasteiger partial charge < -0.3 is 15.4 Å². The predicted octanol–water partition coefficient (Wildman–Crippen LogP) is 5.30. The number of amides is 2. The number of ether oxygens (including phenoxy) is 1. The Kier molecular flexibility index (Phi) is 11.7. The van der Waals surface area contributed by atoms with Crippen LogP contribution in [0.2, 0.25) is 0 Å². The van der Waals surface area contributed by atoms with E-state index in [1.54, 1.807) is 78.6 Å². The molecule has 1 unspecified atom stereocenters. The highest BCUT2D eigenvalue weighted by Gasteiger charge is 2.50. The third-order valence-electron chi connectivity index (χ3n) is 8.05. The van der Waals surface area contributed by atoms with Crippen LogP contribution in [0.4, 0.5) is 16.2 Å². The summed E-state index contributed by atoms with van der Waals surface area (Å²) in [5, 5.41) is 7.51. The molecule has 258 valence electrons. The number of hydrogen-bond donors (Lipinski definition) is 3. The van der Waals surface area contributed by atoms with Crippen molar-refractivity contribution in [3.63, 3.8) is 0 Å². The van der Waals surface area contributed by atoms with Crippen molar-refractivity contribution in [3.05, 3.63) is 120 Å². The molecule has 4 aromatic rings. The smallest absolute Gasteiger partial charge is 0.419 e. The number of benzene rings is 4. The molecule has 0 aliphatic carbocycles. The molecule has 0 aromatic heterocycles. The first-order valence-corrected chi connectivity index (χ1v) is 18.3. The second-order valence-corrected chi connectivity index (χ2v) is 14.8. The van der Waals surface area contributed by atoms with Crippen molar-refractivity contribution >= 4 is 49.4 Å². The highest BCUT2D eigenvalue weighted by molar-refractivity contribution is 7.91. The summed E-state index contributed by atoms with van der Waals surface area (Å²) in [6.45, 7) is 2.22. The average Bonchev–Trinajstić information content (AvgIpc) is 3.10. The van der Waals surface area contributed by atoms with Gasteiger partial charge in [0, 0.05) is 36.3 Å². The van der Waals surface area contributed by atoms with Crippen LogP contribution in [0.3, 0.4) is 0 Å². The molecule has 5 rings (SSSR count). The summed E-state index contributed by atoms with van der Waals surface area (Å²) in [5.41, 5.74) is 8.88. The number of aryl methyl sites for hydroxylation is 2. The lowest BCUT2D eigenvalue weighted by molar-refractivity contribution is -0.118. The fourth-order valence-electron chi connectivity index (χ4n) is 5.33. The average molecular weight is 708 g/mol. The summed E-state index contributed by atoms with van der Waals surface area (Å²) in [6.07, 6.45) is 1.28. The molecule has 0 saturated heterocycles. The predicted molar refractivity (Wildman–Crippen MR) is 188 cm³/mol. The number of hydrogen-bond acceptors (Lipinski definition) is 8. The minimum absolute atomic E-state index is 0.00355. The van der Waals surface area contributed by atoms with Crippen LogP contribution in [0.15, 0.2) is 113 Å². The fraction of sp³-hybridized carbons (Fsp3) is 0.229. The van der Waals surface area contributed by atoms with Gasteiger partial charge in [0.15, 0.2) is 5.69 Å². The van der Waals surface area contributed by atoms with Gasteiger partial charge in [-0.1, -0.05) is 64.6 Å². The van der Waals surface area contributed by atoms with Crippen molar-refractivity contribution in [1.29, 1.82) is 5.41 Å². The van der Waals surface area contributed by atoms with E-state index in [4.69, 9.17) is 20.4 Å². The standard InChI is InChI=1S/C29H33N4O5S.C6H6O3S/c1-3-38-29(35)33(2,39(36,37)25-9-5-4-6-10-25)24-16-17-26-23(20-24)8-7-19-32(26)27(34)18-13-21-11-14-22(15-12-21)28(30)31;7-10(8,9)6-4-2-1-3-5-6/h4-6,9-12,14-17,20H,3,7-8,13,18-19H2,1-2H3,(H3,30,31);1-5H,(H,7,8,9)/q+1;. The lowest BCUT2D eigenvalue weighted by atomic mass is 9.99. The number of sulfonamides is 1. The van der Waals surface area contributed by atoms with Crippen LogP contribution >= 0.6 is 0 Å². The molecule has 0 saturated carbocycles. The summed E-state index contributed by atoms with van der Waals surface area (Å²) < 4.78 is 61.0. The zero-order valence-corrected chi connectivity index (χ0v) is 28.8. The summed E-state index contributed by atoms with van der Waals surface area (Å²) >= 11 is 0. The van der Waals surface area contributed by atoms with E-state index < -0.39 is 30.1 Å². The Morgan fingerprint density at radius 1 is 0.898 bits per heavy atom. The molecule has 1 aliphatic heterocycles. The topological polar surface area (TPSA) is 185 Å². The first kappa shape index (κ1) is 36.9. The van der Waals surface area contributed by atoms with Gasteiger partial charge in [-0.2, -0.15) is 21.6 Å². The number of fused-ring (bicyclic) bond motifs is 1. The monoisotopic (exact) mass is 707 g/mol. The van der Waals surface area contributed by atoms with E-state index in [1.165, 1.54) is 31.3 Å². The van der Waals surface area contributed by atoms with Gasteiger partial charge in [0.1, 0.15) is 10.7 Å². The van der Waals surface area contributed by atoms with Gasteiger partial charge in [0.05, 0.1) is 18.6 Å². The van der Waals surface area contributed by atoms with Gasteiger partial charge in [0.25, 0.3) is 10.1 Å². The zero-order valence-electron chi connectivity index (χ0n) is 27.2. The Morgan fingerprint density at radius 2 is 1.49 bits per heavy atom. The van der Waals surface area contributed by atoms with Crippen molar-refractivity contribution < 1.29 is 35.7 Å². The van der Waals surface area contributed by atoms with Crippen molar-refractivity contribution in [2.45, 2.75) is 42.4 Å². The number of carbonyl (C=O) groups excluding carboxylic acids is 2. The summed E-state index contributed by atoms with van der Waals surface area (Å²) in [5.74, 6) is -0.0462. The number of nitrogens with two attached hydrogens (primary N) is 1. The maximum Gasteiger partial charge on any atom is 0.537 e. The van der Waals surface area contributed by atoms with Gasteiger partial charge in [-0.05, 0) is 67.6 Å². The molecule has 0 spiro atoms. The number of carbonyl (C=O) groups is 2. The minimum atomic E-state index is -4.22. The van der Waals surface area contributed by atoms with Crippen LogP contribution in [0.5, 0.6) is 0 Å². The minimum Gasteiger partial charge on any atom is -0.419 e. The van der Waals surface area contributed by atoms with Gasteiger partial charge in [0.2, 0.25) is 5.91 Å². The molecule has 0 bridgehead atoms. The van der Waals surface area contributed by atoms with Crippen LogP contribution in [0.1, 0.15) is 36.5 Å². The largest absolute Gasteiger partial charge is 0.537 e. The Balaban J connectivity index is 0.000000463.